The second-order valence-corrected chi connectivity index (χ2v) is 8.38. The summed E-state index contributed by atoms with van der Waals surface area (Å²) in [7, 11) is 0. The Morgan fingerprint density at radius 2 is 1.39 bits per heavy atom. The van der Waals surface area contributed by atoms with Crippen LogP contribution in [0.25, 0.3) is 16.8 Å². The molecule has 0 unspecified atom stereocenters. The number of nitrogens with zero attached hydrogens (tertiary/aromatic N) is 3. The van der Waals surface area contributed by atoms with Gasteiger partial charge in [-0.25, -0.2) is 0 Å². The number of hydrogen-bond acceptors (Lipinski definition) is 4. The van der Waals surface area contributed by atoms with Crippen molar-refractivity contribution in [2.24, 2.45) is 0 Å². The molecular formula is C27H25N3O3. The van der Waals surface area contributed by atoms with Gasteiger partial charge in [0.05, 0.1) is 0 Å². The Labute approximate surface area is 192 Å². The van der Waals surface area contributed by atoms with Crippen LogP contribution in [0.5, 0.6) is 0 Å². The minimum Gasteiger partial charge on any atom is -0.337 e. The normalized spacial score (nSPS) is 16.7. The molecule has 0 spiro atoms. The smallest absolute Gasteiger partial charge is 0.261 e. The van der Waals surface area contributed by atoms with E-state index in [1.807, 2.05) is 65.6 Å². The molecule has 0 N–H and O–H groups in total. The third kappa shape index (κ3) is 4.17. The topological polar surface area (TPSA) is 60.9 Å². The second-order valence-electron chi connectivity index (χ2n) is 8.38. The minimum absolute atomic E-state index is 0.00425. The lowest BCUT2D eigenvalue weighted by Crippen LogP contribution is -2.51. The molecule has 0 radical (unpaired) electrons. The van der Waals surface area contributed by atoms with Gasteiger partial charge < -0.3 is 4.90 Å². The Morgan fingerprint density at radius 1 is 0.758 bits per heavy atom. The van der Waals surface area contributed by atoms with E-state index in [-0.39, 0.29) is 17.7 Å². The molecule has 1 saturated heterocycles. The summed E-state index contributed by atoms with van der Waals surface area (Å²) in [6.07, 6.45) is 3.45. The molecule has 2 aliphatic rings. The van der Waals surface area contributed by atoms with Crippen molar-refractivity contribution in [3.63, 3.8) is 0 Å². The van der Waals surface area contributed by atoms with Crippen LogP contribution in [0.4, 0.5) is 0 Å². The molecular weight excluding hydrogens is 414 g/mol. The van der Waals surface area contributed by atoms with E-state index in [0.717, 1.165) is 16.3 Å². The molecule has 5 rings (SSSR count). The average molecular weight is 440 g/mol. The maximum absolute atomic E-state index is 13.0. The molecule has 2 aliphatic heterocycles. The van der Waals surface area contributed by atoms with Crippen molar-refractivity contribution in [3.05, 3.63) is 89.5 Å². The standard InChI is InChI=1S/C27H25N3O3/c31-24(13-12-20-6-2-1-3-7-20)29-17-14-28(15-18-29)16-19-30-26(32)22-10-4-8-21-9-5-11-23(25(21)22)27(30)33/h1-13H,14-19H2/b13-12+. The molecule has 0 atom stereocenters. The van der Waals surface area contributed by atoms with Gasteiger partial charge in [0, 0.05) is 61.9 Å². The first kappa shape index (κ1) is 21.1. The predicted octanol–water partition coefficient (Wildman–Crippen LogP) is 3.29. The van der Waals surface area contributed by atoms with E-state index >= 15 is 0 Å². The zero-order chi connectivity index (χ0) is 22.8. The van der Waals surface area contributed by atoms with Crippen molar-refractivity contribution in [3.8, 4) is 0 Å². The highest BCUT2D eigenvalue weighted by molar-refractivity contribution is 6.25. The largest absolute Gasteiger partial charge is 0.337 e. The molecule has 3 aromatic carbocycles. The Balaban J connectivity index is 1.18. The quantitative estimate of drug-likeness (QED) is 0.452. The van der Waals surface area contributed by atoms with Gasteiger partial charge in [-0.05, 0) is 29.2 Å². The number of carbonyl (C=O) groups excluding carboxylic acids is 3. The van der Waals surface area contributed by atoms with Crippen molar-refractivity contribution in [1.82, 2.24) is 14.7 Å². The van der Waals surface area contributed by atoms with Crippen LogP contribution < -0.4 is 0 Å². The van der Waals surface area contributed by atoms with Gasteiger partial charge in [0.1, 0.15) is 0 Å². The number of benzene rings is 3. The molecule has 33 heavy (non-hydrogen) atoms. The van der Waals surface area contributed by atoms with E-state index < -0.39 is 0 Å². The van der Waals surface area contributed by atoms with E-state index in [0.29, 0.717) is 50.4 Å². The lowest BCUT2D eigenvalue weighted by molar-refractivity contribution is -0.127. The summed E-state index contributed by atoms with van der Waals surface area (Å²) in [6.45, 7) is 3.62. The van der Waals surface area contributed by atoms with Crippen LogP contribution in [0.1, 0.15) is 26.3 Å². The molecule has 0 bridgehead atoms. The van der Waals surface area contributed by atoms with Gasteiger partial charge in [0.25, 0.3) is 11.8 Å². The number of amides is 3. The average Bonchev–Trinajstić information content (AvgIpc) is 2.86. The summed E-state index contributed by atoms with van der Waals surface area (Å²) in [4.78, 5) is 44.0. The highest BCUT2D eigenvalue weighted by Gasteiger charge is 2.33. The highest BCUT2D eigenvalue weighted by atomic mass is 16.2. The van der Waals surface area contributed by atoms with Crippen LogP contribution in [0, 0.1) is 0 Å². The molecule has 0 aliphatic carbocycles. The van der Waals surface area contributed by atoms with Crippen molar-refractivity contribution in [1.29, 1.82) is 0 Å². The van der Waals surface area contributed by atoms with Gasteiger partial charge in [0.2, 0.25) is 5.91 Å². The Morgan fingerprint density at radius 3 is 2.03 bits per heavy atom. The van der Waals surface area contributed by atoms with Crippen molar-refractivity contribution in [2.75, 3.05) is 39.3 Å². The van der Waals surface area contributed by atoms with Crippen molar-refractivity contribution in [2.45, 2.75) is 0 Å². The van der Waals surface area contributed by atoms with E-state index in [1.54, 1.807) is 18.2 Å². The summed E-state index contributed by atoms with van der Waals surface area (Å²) >= 11 is 0. The monoisotopic (exact) mass is 439 g/mol. The Hall–Kier alpha value is -3.77. The number of hydrogen-bond donors (Lipinski definition) is 0. The van der Waals surface area contributed by atoms with Crippen LogP contribution >= 0.6 is 0 Å². The molecule has 6 nitrogen and oxygen atoms in total. The van der Waals surface area contributed by atoms with Crippen LogP contribution in [0.3, 0.4) is 0 Å². The van der Waals surface area contributed by atoms with Gasteiger partial charge >= 0.3 is 0 Å². The predicted molar refractivity (Wildman–Crippen MR) is 128 cm³/mol. The molecule has 2 heterocycles. The Kier molecular flexibility index (Phi) is 5.75. The van der Waals surface area contributed by atoms with Crippen LogP contribution in [0.15, 0.2) is 72.8 Å². The SMILES string of the molecule is O=C(/C=C/c1ccccc1)N1CCN(CCN2C(=O)c3cccc4cccc(c34)C2=O)CC1. The zero-order valence-corrected chi connectivity index (χ0v) is 18.3. The van der Waals surface area contributed by atoms with Crippen LogP contribution in [0.2, 0.25) is 0 Å². The van der Waals surface area contributed by atoms with Gasteiger partial charge in [-0.1, -0.05) is 54.6 Å². The first-order chi connectivity index (χ1) is 16.1. The van der Waals surface area contributed by atoms with Gasteiger partial charge in [-0.2, -0.15) is 0 Å². The zero-order valence-electron chi connectivity index (χ0n) is 18.3. The van der Waals surface area contributed by atoms with Crippen LogP contribution in [-0.2, 0) is 4.79 Å². The fraction of sp³-hybridized carbons (Fsp3) is 0.222. The second kappa shape index (κ2) is 9.00. The van der Waals surface area contributed by atoms with E-state index in [2.05, 4.69) is 4.90 Å². The fourth-order valence-electron chi connectivity index (χ4n) is 4.55. The lowest BCUT2D eigenvalue weighted by atomic mass is 9.94. The molecule has 0 aromatic heterocycles. The van der Waals surface area contributed by atoms with Crippen molar-refractivity contribution < 1.29 is 14.4 Å². The summed E-state index contributed by atoms with van der Waals surface area (Å²) in [5.74, 6) is -0.460. The maximum atomic E-state index is 13.0. The fourth-order valence-corrected chi connectivity index (χ4v) is 4.55. The molecule has 0 saturated carbocycles. The lowest BCUT2D eigenvalue weighted by Gasteiger charge is -2.35. The molecule has 6 heteroatoms. The maximum Gasteiger partial charge on any atom is 0.261 e. The molecule has 3 aromatic rings. The number of rotatable bonds is 5. The first-order valence-electron chi connectivity index (χ1n) is 11.2. The minimum atomic E-state index is -0.232. The van der Waals surface area contributed by atoms with Crippen molar-refractivity contribution >= 4 is 34.6 Å². The first-order valence-corrected chi connectivity index (χ1v) is 11.2. The third-order valence-corrected chi connectivity index (χ3v) is 6.40. The number of carbonyl (C=O) groups is 3. The van der Waals surface area contributed by atoms with E-state index in [4.69, 9.17) is 0 Å². The number of piperazine rings is 1. The summed E-state index contributed by atoms with van der Waals surface area (Å²) < 4.78 is 0. The molecule has 166 valence electrons. The summed E-state index contributed by atoms with van der Waals surface area (Å²) in [5, 5.41) is 1.66. The molecule has 3 amide bonds. The highest BCUT2D eigenvalue weighted by Crippen LogP contribution is 2.29. The third-order valence-electron chi connectivity index (χ3n) is 6.40. The van der Waals surface area contributed by atoms with Gasteiger partial charge in [0.15, 0.2) is 0 Å². The van der Waals surface area contributed by atoms with E-state index in [9.17, 15) is 14.4 Å². The van der Waals surface area contributed by atoms with Crippen LogP contribution in [-0.4, -0.2) is 71.7 Å². The summed E-state index contributed by atoms with van der Waals surface area (Å²) in [6, 6.07) is 20.9. The molecule has 1 fully saturated rings. The van der Waals surface area contributed by atoms with Gasteiger partial charge in [-0.3, -0.25) is 24.2 Å². The Bertz CT molecular complexity index is 1190. The number of imide groups is 1. The van der Waals surface area contributed by atoms with Gasteiger partial charge in [-0.15, -0.1) is 0 Å². The summed E-state index contributed by atoms with van der Waals surface area (Å²) in [5.41, 5.74) is 2.17. The van der Waals surface area contributed by atoms with E-state index in [1.165, 1.54) is 4.90 Å².